The molecule has 1 aliphatic heterocycles. The number of fused-ring (bicyclic) bond motifs is 2. The van der Waals surface area contributed by atoms with Crippen LogP contribution >= 0.6 is 12.2 Å². The summed E-state index contributed by atoms with van der Waals surface area (Å²) < 4.78 is 31.1. The van der Waals surface area contributed by atoms with Crippen LogP contribution in [-0.2, 0) is 23.8 Å². The van der Waals surface area contributed by atoms with E-state index in [1.165, 1.54) is 28.1 Å². The first-order chi connectivity index (χ1) is 16.2. The molecule has 0 spiro atoms. The van der Waals surface area contributed by atoms with Crippen molar-refractivity contribution in [1.82, 2.24) is 4.57 Å². The van der Waals surface area contributed by atoms with E-state index in [-0.39, 0.29) is 10.7 Å². The quantitative estimate of drug-likeness (QED) is 0.314. The highest BCUT2D eigenvalue weighted by atomic mass is 32.1. The number of carbonyl (C=O) groups excluding carboxylic acids is 2. The summed E-state index contributed by atoms with van der Waals surface area (Å²) in [5.74, 6) is -0.244. The molecule has 9 nitrogen and oxygen atoms in total. The maximum atomic E-state index is 12.3. The molecule has 0 fully saturated rings. The monoisotopic (exact) mass is 486 g/mol. The largest absolute Gasteiger partial charge is 0.478 e. The lowest BCUT2D eigenvalue weighted by Crippen LogP contribution is -2.62. The summed E-state index contributed by atoms with van der Waals surface area (Å²) in [6, 6.07) is 11.9. The summed E-state index contributed by atoms with van der Waals surface area (Å²) >= 11 is 5.61. The summed E-state index contributed by atoms with van der Waals surface area (Å²) in [6.45, 7) is 4.50. The van der Waals surface area contributed by atoms with Crippen LogP contribution in [0.15, 0.2) is 46.9 Å². The average Bonchev–Trinajstić information content (AvgIpc) is 3.10. The summed E-state index contributed by atoms with van der Waals surface area (Å²) in [5, 5.41) is 2.78. The van der Waals surface area contributed by atoms with Gasteiger partial charge in [-0.2, -0.15) is 0 Å². The Morgan fingerprint density at radius 2 is 1.85 bits per heavy atom. The van der Waals surface area contributed by atoms with Gasteiger partial charge in [-0.05, 0) is 49.5 Å². The second-order valence-electron chi connectivity index (χ2n) is 8.20. The van der Waals surface area contributed by atoms with Crippen molar-refractivity contribution in [2.24, 2.45) is 0 Å². The number of hydrogen-bond donors (Lipinski definition) is 1. The van der Waals surface area contributed by atoms with Gasteiger partial charge in [0.25, 0.3) is 4.84 Å². The van der Waals surface area contributed by atoms with Crippen LogP contribution in [0.3, 0.4) is 0 Å². The number of nitrogens with one attached hydrogen (secondary N) is 1. The molecule has 180 valence electrons. The minimum Gasteiger partial charge on any atom is -0.478 e. The van der Waals surface area contributed by atoms with Crippen molar-refractivity contribution in [2.45, 2.75) is 44.8 Å². The van der Waals surface area contributed by atoms with Crippen molar-refractivity contribution < 1.29 is 33.0 Å². The number of hydrogen-bond acceptors (Lipinski definition) is 8. The molecule has 3 atom stereocenters. The van der Waals surface area contributed by atoms with Crippen LogP contribution in [-0.4, -0.2) is 48.7 Å². The Hall–Kier alpha value is -3.21. The zero-order valence-corrected chi connectivity index (χ0v) is 20.3. The van der Waals surface area contributed by atoms with Gasteiger partial charge in [0.05, 0.1) is 5.52 Å². The number of methoxy groups -OCH3 is 2. The number of ether oxygens (including phenoxy) is 4. The molecule has 4 rings (SSSR count). The lowest BCUT2D eigenvalue weighted by molar-refractivity contribution is -0.244. The van der Waals surface area contributed by atoms with Crippen molar-refractivity contribution in [1.29, 1.82) is 0 Å². The van der Waals surface area contributed by atoms with Gasteiger partial charge in [0, 0.05) is 39.3 Å². The van der Waals surface area contributed by atoms with E-state index in [4.69, 9.17) is 35.6 Å². The van der Waals surface area contributed by atoms with Crippen LogP contribution in [0.4, 0.5) is 5.69 Å². The number of para-hydroxylation sites is 2. The lowest BCUT2D eigenvalue weighted by Gasteiger charge is -2.48. The van der Waals surface area contributed by atoms with Gasteiger partial charge in [-0.1, -0.05) is 12.1 Å². The molecule has 1 aromatic heterocycles. The number of benzene rings is 2. The van der Waals surface area contributed by atoms with Gasteiger partial charge in [-0.25, -0.2) is 0 Å². The molecule has 2 aromatic carbocycles. The highest BCUT2D eigenvalue weighted by Gasteiger charge is 2.56. The van der Waals surface area contributed by atoms with E-state index in [1.807, 2.05) is 24.3 Å². The number of rotatable bonds is 6. The Labute approximate surface area is 201 Å². The Balaban J connectivity index is 2.04. The lowest BCUT2D eigenvalue weighted by atomic mass is 9.83. The molecule has 0 radical (unpaired) electrons. The van der Waals surface area contributed by atoms with Gasteiger partial charge in [0.1, 0.15) is 11.8 Å². The van der Waals surface area contributed by atoms with Gasteiger partial charge in [0.2, 0.25) is 12.2 Å². The number of carbonyl (C=O) groups is 2. The van der Waals surface area contributed by atoms with Crippen LogP contribution in [0.25, 0.3) is 11.1 Å². The zero-order valence-electron chi connectivity index (χ0n) is 19.5. The molecule has 1 amide bonds. The fourth-order valence-electron chi connectivity index (χ4n) is 4.55. The van der Waals surface area contributed by atoms with E-state index in [2.05, 4.69) is 5.32 Å². The molecule has 0 aliphatic carbocycles. The van der Waals surface area contributed by atoms with E-state index in [9.17, 15) is 9.59 Å². The van der Waals surface area contributed by atoms with Gasteiger partial charge < -0.3 is 28.7 Å². The van der Waals surface area contributed by atoms with Crippen molar-refractivity contribution in [2.75, 3.05) is 19.5 Å². The molecule has 1 N–H and O–H groups in total. The average molecular weight is 487 g/mol. The predicted molar refractivity (Wildman–Crippen MR) is 126 cm³/mol. The summed E-state index contributed by atoms with van der Waals surface area (Å²) in [7, 11) is 2.97. The van der Waals surface area contributed by atoms with Crippen molar-refractivity contribution in [3.8, 4) is 5.75 Å². The maximum Gasteiger partial charge on any atom is 0.303 e. The standard InChI is InChI=1S/C24H26N2O7S/c1-13(27)25-15-10-11-18-16(12-15)20(26-17-8-6-7-9-19(17)32-23(26)34)21(31-14(2)28)24(3,33-18)22(29-4)30-5/h6-12,20-22H,1-5H3,(H,25,27)/t20-,21-,24-/m1/s1. The van der Waals surface area contributed by atoms with Crippen molar-refractivity contribution in [3.63, 3.8) is 0 Å². The molecule has 1 aliphatic rings. The van der Waals surface area contributed by atoms with Gasteiger partial charge in [0.15, 0.2) is 17.3 Å². The fraction of sp³-hybridized carbons (Fsp3) is 0.375. The smallest absolute Gasteiger partial charge is 0.303 e. The number of oxazole rings is 1. The molecule has 10 heteroatoms. The molecule has 0 saturated heterocycles. The number of amides is 1. The number of aromatic nitrogens is 1. The van der Waals surface area contributed by atoms with Crippen molar-refractivity contribution in [3.05, 3.63) is 52.9 Å². The molecule has 0 saturated carbocycles. The Morgan fingerprint density at radius 1 is 1.15 bits per heavy atom. The van der Waals surface area contributed by atoms with Crippen LogP contribution in [0, 0.1) is 4.84 Å². The molecule has 0 bridgehead atoms. The Bertz CT molecular complexity index is 1300. The first kappa shape index (κ1) is 23.9. The summed E-state index contributed by atoms with van der Waals surface area (Å²) in [5.41, 5.74) is 1.22. The fourth-order valence-corrected chi connectivity index (χ4v) is 4.86. The topological polar surface area (TPSA) is 101 Å². The van der Waals surface area contributed by atoms with E-state index in [1.54, 1.807) is 29.7 Å². The third kappa shape index (κ3) is 4.08. The minimum atomic E-state index is -1.27. The van der Waals surface area contributed by atoms with E-state index < -0.39 is 30.0 Å². The SMILES string of the molecule is COC(OC)[C@]1(C)Oc2ccc(NC(C)=O)cc2[C@@H](n2c(=S)oc3ccccc32)[C@H]1OC(C)=O. The Morgan fingerprint density at radius 3 is 2.50 bits per heavy atom. The number of nitrogens with zero attached hydrogens (tertiary/aromatic N) is 1. The Kier molecular flexibility index (Phi) is 6.48. The first-order valence-corrected chi connectivity index (χ1v) is 11.0. The third-order valence-electron chi connectivity index (χ3n) is 5.82. The first-order valence-electron chi connectivity index (χ1n) is 10.6. The zero-order chi connectivity index (χ0) is 24.6. The number of esters is 1. The van der Waals surface area contributed by atoms with Crippen LogP contribution in [0.5, 0.6) is 5.75 Å². The van der Waals surface area contributed by atoms with E-state index in [0.717, 1.165) is 0 Å². The highest BCUT2D eigenvalue weighted by molar-refractivity contribution is 7.71. The molecule has 34 heavy (non-hydrogen) atoms. The van der Waals surface area contributed by atoms with E-state index >= 15 is 0 Å². The van der Waals surface area contributed by atoms with Crippen LogP contribution < -0.4 is 10.1 Å². The predicted octanol–water partition coefficient (Wildman–Crippen LogP) is 4.21. The second-order valence-corrected chi connectivity index (χ2v) is 8.55. The molecular weight excluding hydrogens is 460 g/mol. The molecular formula is C24H26N2O7S. The summed E-state index contributed by atoms with van der Waals surface area (Å²) in [4.78, 5) is 24.2. The molecule has 3 aromatic rings. The second kappa shape index (κ2) is 9.21. The minimum absolute atomic E-state index is 0.190. The highest BCUT2D eigenvalue weighted by Crippen LogP contribution is 2.47. The van der Waals surface area contributed by atoms with Crippen LogP contribution in [0.2, 0.25) is 0 Å². The molecule has 0 unspecified atom stereocenters. The molecule has 2 heterocycles. The normalized spacial score (nSPS) is 21.7. The third-order valence-corrected chi connectivity index (χ3v) is 6.10. The van der Waals surface area contributed by atoms with Gasteiger partial charge in [-0.15, -0.1) is 0 Å². The van der Waals surface area contributed by atoms with Gasteiger partial charge >= 0.3 is 5.97 Å². The summed E-state index contributed by atoms with van der Waals surface area (Å²) in [6.07, 6.45) is -1.84. The number of anilines is 1. The van der Waals surface area contributed by atoms with Crippen LogP contribution in [0.1, 0.15) is 32.4 Å². The maximum absolute atomic E-state index is 12.3. The van der Waals surface area contributed by atoms with Gasteiger partial charge in [-0.3, -0.25) is 14.2 Å². The van der Waals surface area contributed by atoms with E-state index in [0.29, 0.717) is 28.1 Å². The van der Waals surface area contributed by atoms with Crippen molar-refractivity contribution >= 4 is 40.9 Å².